The second kappa shape index (κ2) is 4.89. The first-order valence-electron chi connectivity index (χ1n) is 3.82. The van der Waals surface area contributed by atoms with Gasteiger partial charge in [0, 0.05) is 5.92 Å². The molecule has 0 bridgehead atoms. The lowest BCUT2D eigenvalue weighted by Gasteiger charge is -2.11. The molecule has 0 saturated carbocycles. The molecule has 0 aliphatic carbocycles. The van der Waals surface area contributed by atoms with E-state index in [4.69, 9.17) is 0 Å². The molecule has 0 aromatic carbocycles. The summed E-state index contributed by atoms with van der Waals surface area (Å²) in [5, 5.41) is 1.80. The third-order valence-corrected chi connectivity index (χ3v) is 1.43. The Bertz CT molecular complexity index is 188. The fourth-order valence-corrected chi connectivity index (χ4v) is 0.719. The van der Waals surface area contributed by atoms with Gasteiger partial charge < -0.3 is 5.32 Å². The van der Waals surface area contributed by atoms with Crippen molar-refractivity contribution in [3.8, 4) is 0 Å². The van der Waals surface area contributed by atoms with Gasteiger partial charge >= 0.3 is 6.18 Å². The Morgan fingerprint density at radius 2 is 2.15 bits per heavy atom. The third-order valence-electron chi connectivity index (χ3n) is 1.43. The normalized spacial score (nSPS) is 13.5. The van der Waals surface area contributed by atoms with Gasteiger partial charge in [0.05, 0.1) is 0 Å². The van der Waals surface area contributed by atoms with Gasteiger partial charge in [-0.15, -0.1) is 6.58 Å². The summed E-state index contributed by atoms with van der Waals surface area (Å²) in [7, 11) is 0. The molecule has 1 amide bonds. The number of halogens is 3. The molecular weight excluding hydrogens is 183 g/mol. The van der Waals surface area contributed by atoms with Crippen molar-refractivity contribution in [2.45, 2.75) is 19.5 Å². The van der Waals surface area contributed by atoms with Gasteiger partial charge in [0.1, 0.15) is 6.54 Å². The van der Waals surface area contributed by atoms with E-state index in [0.29, 0.717) is 6.42 Å². The highest BCUT2D eigenvalue weighted by molar-refractivity contribution is 5.78. The van der Waals surface area contributed by atoms with E-state index in [1.165, 1.54) is 6.08 Å². The van der Waals surface area contributed by atoms with Crippen LogP contribution in [0.3, 0.4) is 0 Å². The average molecular weight is 195 g/mol. The number of amides is 1. The molecule has 0 rings (SSSR count). The quantitative estimate of drug-likeness (QED) is 0.682. The van der Waals surface area contributed by atoms with Crippen LogP contribution in [0.5, 0.6) is 0 Å². The first-order valence-corrected chi connectivity index (χ1v) is 3.82. The molecule has 0 aromatic rings. The van der Waals surface area contributed by atoms with Crippen LogP contribution in [0.4, 0.5) is 13.2 Å². The Hall–Kier alpha value is -1.00. The highest BCUT2D eigenvalue weighted by Crippen LogP contribution is 2.12. The van der Waals surface area contributed by atoms with Crippen LogP contribution in [0.25, 0.3) is 0 Å². The van der Waals surface area contributed by atoms with Gasteiger partial charge in [-0.3, -0.25) is 4.79 Å². The first-order chi connectivity index (χ1) is 5.87. The molecule has 0 fully saturated rings. The van der Waals surface area contributed by atoms with Crippen molar-refractivity contribution in [2.24, 2.45) is 5.92 Å². The molecule has 5 heteroatoms. The molecule has 13 heavy (non-hydrogen) atoms. The summed E-state index contributed by atoms with van der Waals surface area (Å²) >= 11 is 0. The number of carbonyl (C=O) groups excluding carboxylic acids is 1. The lowest BCUT2D eigenvalue weighted by molar-refractivity contribution is -0.140. The zero-order valence-corrected chi connectivity index (χ0v) is 7.32. The van der Waals surface area contributed by atoms with Gasteiger partial charge in [0.2, 0.25) is 5.91 Å². The summed E-state index contributed by atoms with van der Waals surface area (Å²) in [5.74, 6) is -1.06. The number of alkyl halides is 3. The minimum Gasteiger partial charge on any atom is -0.347 e. The SMILES string of the molecule is C=CC[C@H](C)C(=O)NCC(F)(F)F. The molecule has 0 saturated heterocycles. The number of hydrogen-bond donors (Lipinski definition) is 1. The number of nitrogens with one attached hydrogen (secondary N) is 1. The summed E-state index contributed by atoms with van der Waals surface area (Å²) in [6, 6.07) is 0. The number of rotatable bonds is 4. The standard InChI is InChI=1S/C8H12F3NO/c1-3-4-6(2)7(13)12-5-8(9,10)11/h3,6H,1,4-5H2,2H3,(H,12,13)/t6-/m0/s1. The molecule has 0 aliphatic rings. The molecule has 0 radical (unpaired) electrons. The van der Waals surface area contributed by atoms with Crippen LogP contribution in [0.2, 0.25) is 0 Å². The van der Waals surface area contributed by atoms with E-state index >= 15 is 0 Å². The molecule has 1 N–H and O–H groups in total. The molecule has 2 nitrogen and oxygen atoms in total. The van der Waals surface area contributed by atoms with Crippen LogP contribution in [-0.2, 0) is 4.79 Å². The summed E-state index contributed by atoms with van der Waals surface area (Å²) in [6.07, 6.45) is -2.47. The van der Waals surface area contributed by atoms with E-state index in [1.807, 2.05) is 0 Å². The Morgan fingerprint density at radius 1 is 1.62 bits per heavy atom. The molecule has 0 unspecified atom stereocenters. The Labute approximate surface area is 74.8 Å². The van der Waals surface area contributed by atoms with Gasteiger partial charge in [-0.1, -0.05) is 13.0 Å². The highest BCUT2D eigenvalue weighted by atomic mass is 19.4. The molecule has 76 valence electrons. The molecule has 0 aromatic heterocycles. The Balaban J connectivity index is 3.81. The van der Waals surface area contributed by atoms with E-state index in [2.05, 4.69) is 6.58 Å². The van der Waals surface area contributed by atoms with Crippen LogP contribution in [0.15, 0.2) is 12.7 Å². The van der Waals surface area contributed by atoms with Gasteiger partial charge in [-0.05, 0) is 6.42 Å². The van der Waals surface area contributed by atoms with Crippen molar-refractivity contribution in [3.63, 3.8) is 0 Å². The lowest BCUT2D eigenvalue weighted by atomic mass is 10.1. The second-order valence-corrected chi connectivity index (χ2v) is 2.76. The maximum absolute atomic E-state index is 11.6. The van der Waals surface area contributed by atoms with Gasteiger partial charge in [-0.25, -0.2) is 0 Å². The number of carbonyl (C=O) groups is 1. The lowest BCUT2D eigenvalue weighted by Crippen LogP contribution is -2.36. The highest BCUT2D eigenvalue weighted by Gasteiger charge is 2.28. The fraction of sp³-hybridized carbons (Fsp3) is 0.625. The fourth-order valence-electron chi connectivity index (χ4n) is 0.719. The van der Waals surface area contributed by atoms with Crippen molar-refractivity contribution < 1.29 is 18.0 Å². The number of allylic oxidation sites excluding steroid dienone is 1. The monoisotopic (exact) mass is 195 g/mol. The Kier molecular flexibility index (Phi) is 4.51. The minimum atomic E-state index is -4.34. The molecular formula is C8H12F3NO. The van der Waals surface area contributed by atoms with E-state index in [9.17, 15) is 18.0 Å². The van der Waals surface area contributed by atoms with Gasteiger partial charge in [0.15, 0.2) is 0 Å². The second-order valence-electron chi connectivity index (χ2n) is 2.76. The van der Waals surface area contributed by atoms with Crippen molar-refractivity contribution in [1.82, 2.24) is 5.32 Å². The molecule has 0 aliphatic heterocycles. The largest absolute Gasteiger partial charge is 0.405 e. The zero-order valence-electron chi connectivity index (χ0n) is 7.32. The van der Waals surface area contributed by atoms with Crippen LogP contribution in [0, 0.1) is 5.92 Å². The summed E-state index contributed by atoms with van der Waals surface area (Å²) in [4.78, 5) is 10.9. The van der Waals surface area contributed by atoms with Crippen LogP contribution in [-0.4, -0.2) is 18.6 Å². The van der Waals surface area contributed by atoms with E-state index in [1.54, 1.807) is 12.2 Å². The first kappa shape index (κ1) is 12.0. The average Bonchev–Trinajstić information content (AvgIpc) is 1.99. The molecule has 0 spiro atoms. The summed E-state index contributed by atoms with van der Waals surface area (Å²) in [5.41, 5.74) is 0. The van der Waals surface area contributed by atoms with E-state index < -0.39 is 24.5 Å². The molecule has 1 atom stereocenters. The summed E-state index contributed by atoms with van der Waals surface area (Å²) in [6.45, 7) is 3.67. The maximum Gasteiger partial charge on any atom is 0.405 e. The Morgan fingerprint density at radius 3 is 2.54 bits per heavy atom. The number of hydrogen-bond acceptors (Lipinski definition) is 1. The maximum atomic E-state index is 11.6. The van der Waals surface area contributed by atoms with Crippen molar-refractivity contribution in [2.75, 3.05) is 6.54 Å². The van der Waals surface area contributed by atoms with E-state index in [-0.39, 0.29) is 0 Å². The predicted octanol–water partition coefficient (Wildman–Crippen LogP) is 1.88. The van der Waals surface area contributed by atoms with E-state index in [0.717, 1.165) is 0 Å². The van der Waals surface area contributed by atoms with Crippen molar-refractivity contribution >= 4 is 5.91 Å². The van der Waals surface area contributed by atoms with Crippen molar-refractivity contribution in [3.05, 3.63) is 12.7 Å². The molecule has 0 heterocycles. The van der Waals surface area contributed by atoms with Crippen LogP contribution in [0.1, 0.15) is 13.3 Å². The smallest absolute Gasteiger partial charge is 0.347 e. The zero-order chi connectivity index (χ0) is 10.5. The summed E-state index contributed by atoms with van der Waals surface area (Å²) < 4.78 is 34.9. The predicted molar refractivity (Wildman–Crippen MR) is 43.0 cm³/mol. The van der Waals surface area contributed by atoms with Gasteiger partial charge in [0.25, 0.3) is 0 Å². The topological polar surface area (TPSA) is 29.1 Å². The van der Waals surface area contributed by atoms with Crippen molar-refractivity contribution in [1.29, 1.82) is 0 Å². The van der Waals surface area contributed by atoms with Gasteiger partial charge in [-0.2, -0.15) is 13.2 Å². The minimum absolute atomic E-state index is 0.379. The van der Waals surface area contributed by atoms with Crippen LogP contribution >= 0.6 is 0 Å². The third kappa shape index (κ3) is 6.19. The van der Waals surface area contributed by atoms with Crippen LogP contribution < -0.4 is 5.32 Å².